The number of piperazine rings is 1. The van der Waals surface area contributed by atoms with Gasteiger partial charge in [0, 0.05) is 37.3 Å². The van der Waals surface area contributed by atoms with Crippen molar-refractivity contribution in [2.75, 3.05) is 31.3 Å². The lowest BCUT2D eigenvalue weighted by Crippen LogP contribution is -2.49. The molecule has 2 aromatic rings. The molecule has 3 heterocycles. The average molecular weight is 271 g/mol. The maximum Gasteiger partial charge on any atom is 0.231 e. The van der Waals surface area contributed by atoms with E-state index in [2.05, 4.69) is 22.1 Å². The monoisotopic (exact) mass is 271 g/mol. The molecule has 2 aliphatic heterocycles. The van der Waals surface area contributed by atoms with Crippen LogP contribution in [0.15, 0.2) is 24.4 Å². The minimum Gasteiger partial charge on any atom is -0.454 e. The first kappa shape index (κ1) is 11.8. The van der Waals surface area contributed by atoms with E-state index in [-0.39, 0.29) is 0 Å². The topological polar surface area (TPSA) is 46.6 Å². The number of ether oxygens (including phenoxy) is 2. The van der Waals surface area contributed by atoms with Crippen LogP contribution in [0.4, 0.5) is 5.82 Å². The molecule has 0 amide bonds. The van der Waals surface area contributed by atoms with E-state index >= 15 is 0 Å². The number of hydrogen-bond donors (Lipinski definition) is 1. The third kappa shape index (κ3) is 1.86. The molecular formula is C15H17N3O2. The minimum atomic E-state index is 0.305. The van der Waals surface area contributed by atoms with Gasteiger partial charge >= 0.3 is 0 Å². The average Bonchev–Trinajstić information content (AvgIpc) is 2.91. The van der Waals surface area contributed by atoms with E-state index in [0.29, 0.717) is 12.8 Å². The summed E-state index contributed by atoms with van der Waals surface area (Å²) in [5, 5.41) is 5.73. The molecule has 104 valence electrons. The Balaban J connectivity index is 1.82. The molecule has 1 aromatic heterocycles. The molecule has 1 N–H and O–H groups in total. The van der Waals surface area contributed by atoms with E-state index in [0.717, 1.165) is 47.7 Å². The van der Waals surface area contributed by atoms with Crippen molar-refractivity contribution in [3.8, 4) is 11.5 Å². The van der Waals surface area contributed by atoms with Crippen molar-refractivity contribution >= 4 is 16.6 Å². The molecule has 5 nitrogen and oxygen atoms in total. The van der Waals surface area contributed by atoms with Gasteiger partial charge in [-0.15, -0.1) is 0 Å². The molecule has 2 aliphatic rings. The second-order valence-electron chi connectivity index (χ2n) is 5.36. The van der Waals surface area contributed by atoms with Crippen LogP contribution in [-0.2, 0) is 0 Å². The molecule has 0 unspecified atom stereocenters. The molecule has 20 heavy (non-hydrogen) atoms. The van der Waals surface area contributed by atoms with Crippen molar-refractivity contribution in [3.63, 3.8) is 0 Å². The maximum absolute atomic E-state index is 5.49. The fourth-order valence-electron chi connectivity index (χ4n) is 2.92. The zero-order valence-corrected chi connectivity index (χ0v) is 11.4. The van der Waals surface area contributed by atoms with E-state index in [4.69, 9.17) is 9.47 Å². The third-order valence-electron chi connectivity index (χ3n) is 3.90. The van der Waals surface area contributed by atoms with E-state index in [1.807, 2.05) is 24.4 Å². The van der Waals surface area contributed by atoms with Gasteiger partial charge in [0.25, 0.3) is 0 Å². The van der Waals surface area contributed by atoms with Crippen LogP contribution in [0.5, 0.6) is 11.5 Å². The molecular weight excluding hydrogens is 254 g/mol. The molecule has 0 spiro atoms. The first-order chi connectivity index (χ1) is 9.81. The Hall–Kier alpha value is -2.01. The maximum atomic E-state index is 5.49. The molecule has 0 aliphatic carbocycles. The van der Waals surface area contributed by atoms with Crippen molar-refractivity contribution in [2.45, 2.75) is 13.0 Å². The Morgan fingerprint density at radius 3 is 3.00 bits per heavy atom. The molecule has 4 rings (SSSR count). The van der Waals surface area contributed by atoms with Crippen LogP contribution in [0.1, 0.15) is 6.92 Å². The van der Waals surface area contributed by atoms with Crippen molar-refractivity contribution in [1.29, 1.82) is 0 Å². The summed E-state index contributed by atoms with van der Waals surface area (Å²) < 4.78 is 10.9. The molecule has 1 atom stereocenters. The number of nitrogens with zero attached hydrogens (tertiary/aromatic N) is 2. The molecule has 5 heteroatoms. The quantitative estimate of drug-likeness (QED) is 0.856. The fourth-order valence-corrected chi connectivity index (χ4v) is 2.92. The summed E-state index contributed by atoms with van der Waals surface area (Å²) in [5.74, 6) is 2.67. The van der Waals surface area contributed by atoms with Crippen LogP contribution >= 0.6 is 0 Å². The van der Waals surface area contributed by atoms with Gasteiger partial charge in [-0.25, -0.2) is 4.98 Å². The Morgan fingerprint density at radius 2 is 2.15 bits per heavy atom. The summed E-state index contributed by atoms with van der Waals surface area (Å²) in [6, 6.07) is 6.59. The summed E-state index contributed by atoms with van der Waals surface area (Å²) in [6.07, 6.45) is 1.87. The van der Waals surface area contributed by atoms with Crippen LogP contribution in [-0.4, -0.2) is 37.5 Å². The third-order valence-corrected chi connectivity index (χ3v) is 3.90. The molecule has 0 saturated carbocycles. The zero-order chi connectivity index (χ0) is 13.5. The molecule has 1 fully saturated rings. The highest BCUT2D eigenvalue weighted by Crippen LogP contribution is 2.38. The lowest BCUT2D eigenvalue weighted by atomic mass is 10.1. The van der Waals surface area contributed by atoms with Crippen molar-refractivity contribution in [1.82, 2.24) is 10.3 Å². The van der Waals surface area contributed by atoms with Gasteiger partial charge in [0.15, 0.2) is 11.5 Å². The van der Waals surface area contributed by atoms with Gasteiger partial charge in [0.1, 0.15) is 5.82 Å². The van der Waals surface area contributed by atoms with E-state index in [9.17, 15) is 0 Å². The number of nitrogens with one attached hydrogen (secondary N) is 1. The summed E-state index contributed by atoms with van der Waals surface area (Å²) in [7, 11) is 0. The number of rotatable bonds is 1. The van der Waals surface area contributed by atoms with E-state index < -0.39 is 0 Å². The SMILES string of the molecule is C[C@@H]1CN(c2nccc3cc4c(cc23)OCO4)CCN1. The van der Waals surface area contributed by atoms with Crippen LogP contribution in [0.3, 0.4) is 0 Å². The van der Waals surface area contributed by atoms with E-state index in [1.165, 1.54) is 0 Å². The largest absolute Gasteiger partial charge is 0.454 e. The van der Waals surface area contributed by atoms with Gasteiger partial charge in [0.05, 0.1) is 0 Å². The molecule has 1 saturated heterocycles. The number of hydrogen-bond acceptors (Lipinski definition) is 5. The highest BCUT2D eigenvalue weighted by Gasteiger charge is 2.21. The molecule has 0 bridgehead atoms. The first-order valence-electron chi connectivity index (χ1n) is 6.98. The van der Waals surface area contributed by atoms with Gasteiger partial charge in [-0.05, 0) is 30.5 Å². The van der Waals surface area contributed by atoms with Gasteiger partial charge in [-0.1, -0.05) is 0 Å². The lowest BCUT2D eigenvalue weighted by molar-refractivity contribution is 0.174. The number of aromatic nitrogens is 1. The Labute approximate surface area is 117 Å². The van der Waals surface area contributed by atoms with Crippen LogP contribution < -0.4 is 19.7 Å². The predicted octanol–water partition coefficient (Wildman–Crippen LogP) is 1.76. The summed E-state index contributed by atoms with van der Waals surface area (Å²) in [4.78, 5) is 6.93. The fraction of sp³-hybridized carbons (Fsp3) is 0.400. The zero-order valence-electron chi connectivity index (χ0n) is 11.4. The van der Waals surface area contributed by atoms with E-state index in [1.54, 1.807) is 0 Å². The van der Waals surface area contributed by atoms with Crippen molar-refractivity contribution in [2.24, 2.45) is 0 Å². The normalized spacial score (nSPS) is 21.4. The molecule has 0 radical (unpaired) electrons. The summed E-state index contributed by atoms with van der Waals surface area (Å²) in [5.41, 5.74) is 0. The number of fused-ring (bicyclic) bond motifs is 2. The number of anilines is 1. The Kier molecular flexibility index (Phi) is 2.67. The van der Waals surface area contributed by atoms with Gasteiger partial charge < -0.3 is 19.7 Å². The van der Waals surface area contributed by atoms with Gasteiger partial charge in [-0.2, -0.15) is 0 Å². The smallest absolute Gasteiger partial charge is 0.231 e. The Bertz CT molecular complexity index is 659. The lowest BCUT2D eigenvalue weighted by Gasteiger charge is -2.33. The number of benzene rings is 1. The molecule has 1 aromatic carbocycles. The van der Waals surface area contributed by atoms with Crippen LogP contribution in [0.25, 0.3) is 10.8 Å². The number of pyridine rings is 1. The second kappa shape index (κ2) is 4.52. The Morgan fingerprint density at radius 1 is 1.30 bits per heavy atom. The van der Waals surface area contributed by atoms with Gasteiger partial charge in [-0.3, -0.25) is 0 Å². The standard InChI is InChI=1S/C15H17N3O2/c1-10-8-18(5-4-16-10)15-12-7-14-13(19-9-20-14)6-11(12)2-3-17-15/h2-3,6-7,10,16H,4-5,8-9H2,1H3/t10-/m1/s1. The summed E-state index contributed by atoms with van der Waals surface area (Å²) in [6.45, 7) is 5.44. The van der Waals surface area contributed by atoms with Gasteiger partial charge in [0.2, 0.25) is 6.79 Å². The minimum absolute atomic E-state index is 0.305. The second-order valence-corrected chi connectivity index (χ2v) is 5.36. The highest BCUT2D eigenvalue weighted by atomic mass is 16.7. The van der Waals surface area contributed by atoms with Crippen LogP contribution in [0.2, 0.25) is 0 Å². The van der Waals surface area contributed by atoms with Crippen molar-refractivity contribution < 1.29 is 9.47 Å². The summed E-state index contributed by atoms with van der Waals surface area (Å²) >= 11 is 0. The first-order valence-corrected chi connectivity index (χ1v) is 6.98. The van der Waals surface area contributed by atoms with Crippen molar-refractivity contribution in [3.05, 3.63) is 24.4 Å². The van der Waals surface area contributed by atoms with Crippen LogP contribution in [0, 0.1) is 0 Å². The highest BCUT2D eigenvalue weighted by molar-refractivity contribution is 5.94. The predicted molar refractivity (Wildman–Crippen MR) is 77.5 cm³/mol.